The summed E-state index contributed by atoms with van der Waals surface area (Å²) in [4.78, 5) is 16.4. The number of nitrogens with one attached hydrogen (secondary N) is 1. The van der Waals surface area contributed by atoms with Crippen LogP contribution < -0.4 is 5.32 Å². The molecule has 152 valence electrons. The Kier molecular flexibility index (Phi) is 5.33. The molecule has 4 aromatic rings. The van der Waals surface area contributed by atoms with Crippen molar-refractivity contribution >= 4 is 32.3 Å². The highest BCUT2D eigenvalue weighted by atomic mass is 32.2. The third-order valence-corrected chi connectivity index (χ3v) is 6.35. The monoisotopic (exact) mass is 423 g/mol. The summed E-state index contributed by atoms with van der Waals surface area (Å²) in [7, 11) is -3.84. The lowest BCUT2D eigenvalue weighted by atomic mass is 10.2. The Bertz CT molecular complexity index is 1320. The summed E-state index contributed by atoms with van der Waals surface area (Å²) >= 11 is 0. The zero-order chi connectivity index (χ0) is 21.1. The van der Waals surface area contributed by atoms with Gasteiger partial charge in [-0.3, -0.25) is 9.78 Å². The van der Waals surface area contributed by atoms with Crippen LogP contribution in [0.2, 0.25) is 0 Å². The van der Waals surface area contributed by atoms with Crippen molar-refractivity contribution in [1.82, 2.24) is 9.55 Å². The second kappa shape index (κ2) is 8.08. The molecular formula is C22H18FN3O3S. The molecule has 0 aliphatic carbocycles. The van der Waals surface area contributed by atoms with Gasteiger partial charge < -0.3 is 9.88 Å². The highest BCUT2D eigenvalue weighted by Crippen LogP contribution is 2.28. The van der Waals surface area contributed by atoms with E-state index in [4.69, 9.17) is 0 Å². The highest BCUT2D eigenvalue weighted by Gasteiger charge is 2.23. The largest absolute Gasteiger partial charge is 0.337 e. The first-order chi connectivity index (χ1) is 14.4. The van der Waals surface area contributed by atoms with Crippen LogP contribution in [-0.2, 0) is 26.9 Å². The van der Waals surface area contributed by atoms with E-state index in [1.165, 1.54) is 24.4 Å². The molecule has 0 unspecified atom stereocenters. The second-order valence-corrected chi connectivity index (χ2v) is 8.73. The lowest BCUT2D eigenvalue weighted by Crippen LogP contribution is -2.18. The topological polar surface area (TPSA) is 81.1 Å². The Labute approximate surface area is 172 Å². The van der Waals surface area contributed by atoms with Crippen molar-refractivity contribution in [3.05, 3.63) is 90.6 Å². The van der Waals surface area contributed by atoms with E-state index < -0.39 is 21.4 Å². The maximum atomic E-state index is 14.0. The van der Waals surface area contributed by atoms with Crippen molar-refractivity contribution in [3.8, 4) is 0 Å². The molecule has 0 aliphatic rings. The van der Waals surface area contributed by atoms with Crippen LogP contribution in [0, 0.1) is 5.82 Å². The number of amides is 1. The number of para-hydroxylation sites is 1. The number of hydrogen-bond donors (Lipinski definition) is 1. The zero-order valence-electron chi connectivity index (χ0n) is 15.8. The average Bonchev–Trinajstić information content (AvgIpc) is 3.10. The maximum Gasteiger partial charge on any atom is 0.244 e. The van der Waals surface area contributed by atoms with E-state index >= 15 is 0 Å². The first kappa shape index (κ1) is 19.8. The lowest BCUT2D eigenvalue weighted by molar-refractivity contribution is -0.116. The van der Waals surface area contributed by atoms with Gasteiger partial charge in [0.05, 0.1) is 10.6 Å². The van der Waals surface area contributed by atoms with Gasteiger partial charge in [0, 0.05) is 40.7 Å². The number of benzene rings is 2. The predicted octanol–water partition coefficient (Wildman–Crippen LogP) is 3.79. The molecule has 0 fully saturated rings. The average molecular weight is 423 g/mol. The number of hydrogen-bond acceptors (Lipinski definition) is 4. The van der Waals surface area contributed by atoms with Crippen LogP contribution in [0.3, 0.4) is 0 Å². The van der Waals surface area contributed by atoms with Crippen molar-refractivity contribution in [2.24, 2.45) is 0 Å². The summed E-state index contributed by atoms with van der Waals surface area (Å²) in [5.74, 6) is -1.33. The minimum absolute atomic E-state index is 0.0677. The number of aromatic nitrogens is 2. The molecule has 30 heavy (non-hydrogen) atoms. The molecule has 0 radical (unpaired) electrons. The van der Waals surface area contributed by atoms with Crippen molar-refractivity contribution in [2.45, 2.75) is 17.2 Å². The number of halogens is 1. The van der Waals surface area contributed by atoms with Gasteiger partial charge in [-0.15, -0.1) is 0 Å². The van der Waals surface area contributed by atoms with E-state index in [1.807, 2.05) is 0 Å². The van der Waals surface area contributed by atoms with E-state index in [9.17, 15) is 17.6 Å². The molecule has 0 bridgehead atoms. The summed E-state index contributed by atoms with van der Waals surface area (Å²) in [6.45, 7) is -0.0714. The Balaban J connectivity index is 1.67. The molecule has 0 saturated heterocycles. The van der Waals surface area contributed by atoms with E-state index in [2.05, 4.69) is 10.3 Å². The van der Waals surface area contributed by atoms with Gasteiger partial charge in [-0.2, -0.15) is 0 Å². The number of nitrogens with zero attached hydrogens (tertiary/aromatic N) is 2. The molecule has 1 amide bonds. The van der Waals surface area contributed by atoms with Gasteiger partial charge in [-0.25, -0.2) is 12.8 Å². The molecule has 2 aromatic heterocycles. The number of carbonyl (C=O) groups excluding carboxylic acids is 1. The van der Waals surface area contributed by atoms with Crippen LogP contribution >= 0.6 is 0 Å². The molecular weight excluding hydrogens is 405 g/mol. The lowest BCUT2D eigenvalue weighted by Gasteiger charge is -2.07. The third-order valence-electron chi connectivity index (χ3n) is 4.67. The molecule has 0 aliphatic heterocycles. The summed E-state index contributed by atoms with van der Waals surface area (Å²) in [6.07, 6.45) is 4.56. The van der Waals surface area contributed by atoms with Gasteiger partial charge >= 0.3 is 0 Å². The van der Waals surface area contributed by atoms with Gasteiger partial charge in [0.15, 0.2) is 9.84 Å². The summed E-state index contributed by atoms with van der Waals surface area (Å²) in [6, 6.07) is 16.0. The number of fused-ring (bicyclic) bond motifs is 1. The van der Waals surface area contributed by atoms with Crippen molar-refractivity contribution in [1.29, 1.82) is 0 Å². The molecule has 0 atom stereocenters. The van der Waals surface area contributed by atoms with Crippen LogP contribution in [0.4, 0.5) is 10.1 Å². The van der Waals surface area contributed by atoms with Gasteiger partial charge in [-0.05, 0) is 24.3 Å². The number of carbonyl (C=O) groups is 1. The fourth-order valence-electron chi connectivity index (χ4n) is 3.28. The van der Waals surface area contributed by atoms with Gasteiger partial charge in [0.25, 0.3) is 0 Å². The van der Waals surface area contributed by atoms with Gasteiger partial charge in [0.2, 0.25) is 5.91 Å². The first-order valence-electron chi connectivity index (χ1n) is 9.18. The fourth-order valence-corrected chi connectivity index (χ4v) is 4.87. The Morgan fingerprint density at radius 1 is 1.00 bits per heavy atom. The number of pyridine rings is 1. The number of rotatable bonds is 6. The summed E-state index contributed by atoms with van der Waals surface area (Å²) < 4.78 is 41.7. The standard InChI is InChI=1S/C22H18FN3O3S/c23-19-7-3-1-5-16(19)15-30(28,29)21-13-26(20-8-4-2-6-18(20)21)14-22(27)25-17-9-11-24-12-10-17/h1-13H,14-15H2,(H,24,25,27). The molecule has 2 aromatic carbocycles. The SMILES string of the molecule is O=C(Cn1cc(S(=O)(=O)Cc2ccccc2F)c2ccccc21)Nc1ccncc1. The minimum Gasteiger partial charge on any atom is -0.337 e. The third kappa shape index (κ3) is 4.08. The smallest absolute Gasteiger partial charge is 0.244 e. The molecule has 6 nitrogen and oxygen atoms in total. The second-order valence-electron chi connectivity index (χ2n) is 6.77. The summed E-state index contributed by atoms with van der Waals surface area (Å²) in [5.41, 5.74) is 1.30. The molecule has 4 rings (SSSR count). The first-order valence-corrected chi connectivity index (χ1v) is 10.8. The van der Waals surface area contributed by atoms with Crippen LogP contribution in [0.5, 0.6) is 0 Å². The fraction of sp³-hybridized carbons (Fsp3) is 0.0909. The Hall–Kier alpha value is -3.52. The highest BCUT2D eigenvalue weighted by molar-refractivity contribution is 7.90. The van der Waals surface area contributed by atoms with E-state index in [-0.39, 0.29) is 22.9 Å². The molecule has 0 spiro atoms. The van der Waals surface area contributed by atoms with Crippen molar-refractivity contribution in [3.63, 3.8) is 0 Å². The minimum atomic E-state index is -3.84. The maximum absolute atomic E-state index is 14.0. The summed E-state index contributed by atoms with van der Waals surface area (Å²) in [5, 5.41) is 3.24. The number of anilines is 1. The quantitative estimate of drug-likeness (QED) is 0.512. The van der Waals surface area contributed by atoms with Crippen LogP contribution in [0.25, 0.3) is 10.9 Å². The Morgan fingerprint density at radius 2 is 1.70 bits per heavy atom. The van der Waals surface area contributed by atoms with Crippen molar-refractivity contribution in [2.75, 3.05) is 5.32 Å². The van der Waals surface area contributed by atoms with Gasteiger partial charge in [0.1, 0.15) is 12.4 Å². The van der Waals surface area contributed by atoms with Crippen molar-refractivity contribution < 1.29 is 17.6 Å². The van der Waals surface area contributed by atoms with E-state index in [0.29, 0.717) is 16.6 Å². The van der Waals surface area contributed by atoms with Crippen LogP contribution in [-0.4, -0.2) is 23.9 Å². The van der Waals surface area contributed by atoms with E-state index in [1.54, 1.807) is 59.4 Å². The van der Waals surface area contributed by atoms with Crippen LogP contribution in [0.1, 0.15) is 5.56 Å². The van der Waals surface area contributed by atoms with Gasteiger partial charge in [-0.1, -0.05) is 36.4 Å². The predicted molar refractivity (Wildman–Crippen MR) is 112 cm³/mol. The molecule has 0 saturated carbocycles. The molecule has 8 heteroatoms. The molecule has 2 heterocycles. The van der Waals surface area contributed by atoms with E-state index in [0.717, 1.165) is 0 Å². The number of sulfone groups is 1. The molecule has 1 N–H and O–H groups in total. The zero-order valence-corrected chi connectivity index (χ0v) is 16.6. The normalized spacial score (nSPS) is 11.5. The Morgan fingerprint density at radius 3 is 2.47 bits per heavy atom. The van der Waals surface area contributed by atoms with Crippen LogP contribution in [0.15, 0.2) is 84.1 Å².